The fourth-order valence-electron chi connectivity index (χ4n) is 1.26. The van der Waals surface area contributed by atoms with E-state index in [9.17, 15) is 8.78 Å². The zero-order valence-corrected chi connectivity index (χ0v) is 10.2. The lowest BCUT2D eigenvalue weighted by Crippen LogP contribution is -1.97. The van der Waals surface area contributed by atoms with Crippen LogP contribution in [0.3, 0.4) is 0 Å². The summed E-state index contributed by atoms with van der Waals surface area (Å²) in [5.74, 6) is -1.58. The van der Waals surface area contributed by atoms with E-state index in [-0.39, 0.29) is 16.3 Å². The van der Waals surface area contributed by atoms with Crippen molar-refractivity contribution < 1.29 is 8.78 Å². The van der Waals surface area contributed by atoms with Crippen molar-refractivity contribution in [2.45, 2.75) is 5.16 Å². The van der Waals surface area contributed by atoms with Crippen molar-refractivity contribution in [3.63, 3.8) is 0 Å². The van der Waals surface area contributed by atoms with Crippen LogP contribution in [0.5, 0.6) is 0 Å². The maximum absolute atomic E-state index is 13.7. The van der Waals surface area contributed by atoms with Crippen LogP contribution in [-0.2, 0) is 0 Å². The van der Waals surface area contributed by atoms with Gasteiger partial charge in [-0.15, -0.1) is 5.10 Å². The lowest BCUT2D eigenvalue weighted by atomic mass is 10.1. The van der Waals surface area contributed by atoms with E-state index in [1.54, 1.807) is 6.26 Å². The van der Waals surface area contributed by atoms with Crippen LogP contribution in [-0.4, -0.2) is 21.4 Å². The van der Waals surface area contributed by atoms with Crippen LogP contribution in [0, 0.1) is 11.6 Å². The lowest BCUT2D eigenvalue weighted by molar-refractivity contribution is 0.588. The SMILES string of the molecule is CSc1nncc(-c2c(F)ccc(Cl)c2F)n1. The quantitative estimate of drug-likeness (QED) is 0.622. The maximum atomic E-state index is 13.7. The van der Waals surface area contributed by atoms with Crippen LogP contribution in [0.2, 0.25) is 5.02 Å². The van der Waals surface area contributed by atoms with Crippen molar-refractivity contribution in [3.05, 3.63) is 35.0 Å². The highest BCUT2D eigenvalue weighted by atomic mass is 35.5. The number of hydrogen-bond acceptors (Lipinski definition) is 4. The first-order chi connectivity index (χ1) is 8.13. The monoisotopic (exact) mass is 273 g/mol. The molecule has 0 saturated heterocycles. The number of halogens is 3. The molecule has 0 spiro atoms. The predicted molar refractivity (Wildman–Crippen MR) is 62.0 cm³/mol. The molecule has 0 bridgehead atoms. The minimum atomic E-state index is -0.848. The Bertz CT molecular complexity index is 565. The number of benzene rings is 1. The summed E-state index contributed by atoms with van der Waals surface area (Å²) in [7, 11) is 0. The zero-order valence-electron chi connectivity index (χ0n) is 8.62. The molecule has 0 aliphatic rings. The summed E-state index contributed by atoms with van der Waals surface area (Å²) in [5, 5.41) is 7.50. The molecule has 0 saturated carbocycles. The third kappa shape index (κ3) is 2.37. The fourth-order valence-corrected chi connectivity index (χ4v) is 1.73. The molecule has 2 aromatic rings. The van der Waals surface area contributed by atoms with E-state index in [2.05, 4.69) is 15.2 Å². The standard InChI is InChI=1S/C10H6ClF2N3S/c1-17-10-15-7(4-14-16-10)8-6(12)3-2-5(11)9(8)13/h2-4H,1H3. The second-order valence-electron chi connectivity index (χ2n) is 3.05. The molecule has 0 aliphatic heterocycles. The topological polar surface area (TPSA) is 38.7 Å². The Labute approximate surface area is 105 Å². The van der Waals surface area contributed by atoms with E-state index >= 15 is 0 Å². The van der Waals surface area contributed by atoms with Crippen LogP contribution in [0.25, 0.3) is 11.3 Å². The Morgan fingerprint density at radius 2 is 2.06 bits per heavy atom. The van der Waals surface area contributed by atoms with Gasteiger partial charge in [-0.05, 0) is 18.4 Å². The summed E-state index contributed by atoms with van der Waals surface area (Å²) in [4.78, 5) is 3.97. The van der Waals surface area contributed by atoms with Gasteiger partial charge in [0.05, 0.1) is 22.5 Å². The molecular formula is C10H6ClF2N3S. The predicted octanol–water partition coefficient (Wildman–Crippen LogP) is 3.19. The van der Waals surface area contributed by atoms with Gasteiger partial charge < -0.3 is 0 Å². The number of nitrogens with zero attached hydrogens (tertiary/aromatic N) is 3. The van der Waals surface area contributed by atoms with Crippen molar-refractivity contribution in [3.8, 4) is 11.3 Å². The van der Waals surface area contributed by atoms with E-state index in [1.807, 2.05) is 0 Å². The third-order valence-electron chi connectivity index (χ3n) is 2.02. The third-order valence-corrected chi connectivity index (χ3v) is 2.85. The van der Waals surface area contributed by atoms with E-state index in [4.69, 9.17) is 11.6 Å². The molecule has 1 aromatic heterocycles. The van der Waals surface area contributed by atoms with Gasteiger partial charge in [-0.25, -0.2) is 13.8 Å². The molecule has 1 heterocycles. The highest BCUT2D eigenvalue weighted by Crippen LogP contribution is 2.29. The molecule has 0 fully saturated rings. The molecule has 0 aliphatic carbocycles. The molecule has 7 heteroatoms. The van der Waals surface area contributed by atoms with Crippen molar-refractivity contribution in [2.24, 2.45) is 0 Å². The molecule has 0 atom stereocenters. The Morgan fingerprint density at radius 3 is 2.76 bits per heavy atom. The Kier molecular flexibility index (Phi) is 3.54. The molecular weight excluding hydrogens is 268 g/mol. The Hall–Kier alpha value is -1.27. The van der Waals surface area contributed by atoms with Gasteiger partial charge in [0, 0.05) is 0 Å². The van der Waals surface area contributed by atoms with Crippen molar-refractivity contribution >= 4 is 23.4 Å². The van der Waals surface area contributed by atoms with Crippen LogP contribution in [0.4, 0.5) is 8.78 Å². The second kappa shape index (κ2) is 4.93. The molecule has 88 valence electrons. The van der Waals surface area contributed by atoms with Gasteiger partial charge in [0.2, 0.25) is 5.16 Å². The lowest BCUT2D eigenvalue weighted by Gasteiger charge is -2.05. The Balaban J connectivity index is 2.63. The first-order valence-electron chi connectivity index (χ1n) is 4.51. The largest absolute Gasteiger partial charge is 0.219 e. The summed E-state index contributed by atoms with van der Waals surface area (Å²) in [6.07, 6.45) is 2.93. The van der Waals surface area contributed by atoms with Crippen LogP contribution in [0.15, 0.2) is 23.5 Å². The minimum Gasteiger partial charge on any atom is -0.219 e. The molecule has 1 aromatic carbocycles. The van der Waals surface area contributed by atoms with Gasteiger partial charge >= 0.3 is 0 Å². The average molecular weight is 274 g/mol. The van der Waals surface area contributed by atoms with Gasteiger partial charge in [-0.3, -0.25) is 0 Å². The second-order valence-corrected chi connectivity index (χ2v) is 4.23. The maximum Gasteiger partial charge on any atom is 0.209 e. The van der Waals surface area contributed by atoms with Gasteiger partial charge in [0.15, 0.2) is 5.82 Å². The highest BCUT2D eigenvalue weighted by molar-refractivity contribution is 7.98. The first-order valence-corrected chi connectivity index (χ1v) is 6.11. The molecule has 0 N–H and O–H groups in total. The van der Waals surface area contributed by atoms with Gasteiger partial charge in [0.1, 0.15) is 5.82 Å². The smallest absolute Gasteiger partial charge is 0.209 e. The summed E-state index contributed by atoms with van der Waals surface area (Å²) in [6, 6.07) is 2.24. The van der Waals surface area contributed by atoms with E-state index in [1.165, 1.54) is 18.0 Å². The van der Waals surface area contributed by atoms with Crippen LogP contribution >= 0.6 is 23.4 Å². The van der Waals surface area contributed by atoms with Gasteiger partial charge in [0.25, 0.3) is 0 Å². The fraction of sp³-hybridized carbons (Fsp3) is 0.100. The van der Waals surface area contributed by atoms with Crippen LogP contribution < -0.4 is 0 Å². The van der Waals surface area contributed by atoms with Crippen LogP contribution in [0.1, 0.15) is 0 Å². The summed E-state index contributed by atoms with van der Waals surface area (Å²) in [5.41, 5.74) is -0.218. The van der Waals surface area contributed by atoms with E-state index in [0.717, 1.165) is 12.1 Å². The molecule has 0 radical (unpaired) electrons. The summed E-state index contributed by atoms with van der Waals surface area (Å²) in [6.45, 7) is 0. The zero-order chi connectivity index (χ0) is 12.4. The average Bonchev–Trinajstić information content (AvgIpc) is 2.35. The Morgan fingerprint density at radius 1 is 1.29 bits per heavy atom. The van der Waals surface area contributed by atoms with E-state index in [0.29, 0.717) is 5.16 Å². The van der Waals surface area contributed by atoms with E-state index < -0.39 is 11.6 Å². The molecule has 0 unspecified atom stereocenters. The molecule has 3 nitrogen and oxygen atoms in total. The van der Waals surface area contributed by atoms with Gasteiger partial charge in [-0.1, -0.05) is 23.4 Å². The number of thioether (sulfide) groups is 1. The first kappa shape index (κ1) is 12.2. The highest BCUT2D eigenvalue weighted by Gasteiger charge is 2.16. The number of aromatic nitrogens is 3. The molecule has 17 heavy (non-hydrogen) atoms. The van der Waals surface area contributed by atoms with Crippen molar-refractivity contribution in [2.75, 3.05) is 6.26 Å². The van der Waals surface area contributed by atoms with Crippen molar-refractivity contribution in [1.82, 2.24) is 15.2 Å². The number of rotatable bonds is 2. The van der Waals surface area contributed by atoms with Crippen molar-refractivity contribution in [1.29, 1.82) is 0 Å². The molecule has 0 amide bonds. The summed E-state index contributed by atoms with van der Waals surface area (Å²) < 4.78 is 27.3. The molecule has 2 rings (SSSR count). The number of hydrogen-bond donors (Lipinski definition) is 0. The van der Waals surface area contributed by atoms with Gasteiger partial charge in [-0.2, -0.15) is 5.10 Å². The minimum absolute atomic E-state index is 0.0712. The normalized spacial score (nSPS) is 10.6. The summed E-state index contributed by atoms with van der Waals surface area (Å²) >= 11 is 6.83.